The zero-order valence-corrected chi connectivity index (χ0v) is 14.0. The first kappa shape index (κ1) is 16.3. The molecule has 0 amide bonds. The summed E-state index contributed by atoms with van der Waals surface area (Å²) in [7, 11) is 0. The van der Waals surface area contributed by atoms with Crippen LogP contribution in [0.5, 0.6) is 0 Å². The summed E-state index contributed by atoms with van der Waals surface area (Å²) in [6, 6.07) is 0. The molecule has 0 spiro atoms. The highest BCUT2D eigenvalue weighted by atomic mass is 16.3. The van der Waals surface area contributed by atoms with E-state index in [1.165, 1.54) is 12.8 Å². The number of nitrogens with two attached hydrogens (primary N) is 1. The second kappa shape index (κ2) is 5.96. The fourth-order valence-electron chi connectivity index (χ4n) is 5.09. The van der Waals surface area contributed by atoms with Crippen molar-refractivity contribution in [3.63, 3.8) is 0 Å². The summed E-state index contributed by atoms with van der Waals surface area (Å²) in [5.41, 5.74) is 5.68. The highest BCUT2D eigenvalue weighted by molar-refractivity contribution is 5.06. The highest BCUT2D eigenvalue weighted by Gasteiger charge is 2.54. The molecule has 0 radical (unpaired) electrons. The Hall–Kier alpha value is -0.0800. The van der Waals surface area contributed by atoms with Crippen molar-refractivity contribution in [2.24, 2.45) is 34.8 Å². The van der Waals surface area contributed by atoms with Gasteiger partial charge in [0.1, 0.15) is 0 Å². The van der Waals surface area contributed by atoms with Crippen LogP contribution >= 0.6 is 0 Å². The second-order valence-electron chi connectivity index (χ2n) is 8.27. The monoisotopic (exact) mass is 281 g/mol. The van der Waals surface area contributed by atoms with E-state index in [9.17, 15) is 5.11 Å². The van der Waals surface area contributed by atoms with Gasteiger partial charge in [-0.3, -0.25) is 0 Å². The summed E-state index contributed by atoms with van der Waals surface area (Å²) in [5, 5.41) is 11.5. The lowest BCUT2D eigenvalue weighted by molar-refractivity contribution is -0.164. The van der Waals surface area contributed by atoms with Crippen LogP contribution in [0.25, 0.3) is 0 Å². The van der Waals surface area contributed by atoms with Gasteiger partial charge in [0, 0.05) is 12.0 Å². The lowest BCUT2D eigenvalue weighted by Crippen LogP contribution is -2.59. The van der Waals surface area contributed by atoms with Crippen LogP contribution in [0.15, 0.2) is 0 Å². The maximum absolute atomic E-state index is 11.5. The normalized spacial score (nSPS) is 46.6. The van der Waals surface area contributed by atoms with E-state index in [0.717, 1.165) is 49.9 Å². The van der Waals surface area contributed by atoms with Crippen molar-refractivity contribution < 1.29 is 5.11 Å². The topological polar surface area (TPSA) is 46.2 Å². The Balaban J connectivity index is 2.15. The number of hydrogen-bond acceptors (Lipinski definition) is 2. The van der Waals surface area contributed by atoms with Gasteiger partial charge in [-0.05, 0) is 68.6 Å². The van der Waals surface area contributed by atoms with E-state index in [2.05, 4.69) is 27.7 Å². The maximum atomic E-state index is 11.5. The summed E-state index contributed by atoms with van der Waals surface area (Å²) in [4.78, 5) is 0. The Labute approximate surface area is 125 Å². The van der Waals surface area contributed by atoms with Gasteiger partial charge in [-0.25, -0.2) is 0 Å². The third-order valence-electron chi connectivity index (χ3n) is 6.83. The molecule has 2 nitrogen and oxygen atoms in total. The quantitative estimate of drug-likeness (QED) is 0.822. The van der Waals surface area contributed by atoms with Crippen LogP contribution in [0, 0.1) is 29.1 Å². The van der Waals surface area contributed by atoms with E-state index in [-0.39, 0.29) is 5.41 Å². The standard InChI is InChI=1S/C18H35NO/c1-13(2)16-6-8-17(12-19,9-7-16)18(20)10-5-14(3)11-15(18)4/h13-16,20H,5-12,19H2,1-4H3. The molecule has 20 heavy (non-hydrogen) atoms. The van der Waals surface area contributed by atoms with Crippen molar-refractivity contribution in [2.45, 2.75) is 78.2 Å². The van der Waals surface area contributed by atoms with Crippen molar-refractivity contribution in [3.05, 3.63) is 0 Å². The predicted molar refractivity (Wildman–Crippen MR) is 85.4 cm³/mol. The van der Waals surface area contributed by atoms with Crippen molar-refractivity contribution in [1.29, 1.82) is 0 Å². The van der Waals surface area contributed by atoms with Crippen molar-refractivity contribution in [1.82, 2.24) is 0 Å². The summed E-state index contributed by atoms with van der Waals surface area (Å²) in [5.74, 6) is 2.75. The highest BCUT2D eigenvalue weighted by Crippen LogP contribution is 2.54. The van der Waals surface area contributed by atoms with Crippen LogP contribution < -0.4 is 5.73 Å². The van der Waals surface area contributed by atoms with Crippen LogP contribution in [-0.4, -0.2) is 17.3 Å². The Bertz CT molecular complexity index is 319. The molecule has 0 aromatic carbocycles. The average molecular weight is 281 g/mol. The first-order chi connectivity index (χ1) is 9.34. The molecule has 0 aromatic heterocycles. The Morgan fingerprint density at radius 1 is 1.10 bits per heavy atom. The molecule has 2 aliphatic rings. The van der Waals surface area contributed by atoms with Gasteiger partial charge in [0.2, 0.25) is 0 Å². The van der Waals surface area contributed by atoms with E-state index < -0.39 is 5.60 Å². The molecule has 0 aromatic rings. The molecule has 2 heteroatoms. The van der Waals surface area contributed by atoms with Crippen molar-refractivity contribution >= 4 is 0 Å². The van der Waals surface area contributed by atoms with Gasteiger partial charge >= 0.3 is 0 Å². The zero-order chi connectivity index (χ0) is 15.0. The fourth-order valence-corrected chi connectivity index (χ4v) is 5.09. The Morgan fingerprint density at radius 3 is 2.15 bits per heavy atom. The van der Waals surface area contributed by atoms with Crippen LogP contribution in [0.2, 0.25) is 0 Å². The van der Waals surface area contributed by atoms with Crippen LogP contribution in [-0.2, 0) is 0 Å². The fraction of sp³-hybridized carbons (Fsp3) is 1.00. The minimum atomic E-state index is -0.518. The lowest BCUT2D eigenvalue weighted by Gasteiger charge is -2.56. The molecule has 3 N–H and O–H groups in total. The third kappa shape index (κ3) is 2.66. The van der Waals surface area contributed by atoms with E-state index in [0.29, 0.717) is 12.5 Å². The summed E-state index contributed by atoms with van der Waals surface area (Å²) >= 11 is 0. The number of hydrogen-bond donors (Lipinski definition) is 2. The van der Waals surface area contributed by atoms with Crippen LogP contribution in [0.1, 0.15) is 72.6 Å². The number of aliphatic hydroxyl groups is 1. The summed E-state index contributed by atoms with van der Waals surface area (Å²) in [6.45, 7) is 9.90. The van der Waals surface area contributed by atoms with Crippen LogP contribution in [0.4, 0.5) is 0 Å². The third-order valence-corrected chi connectivity index (χ3v) is 6.83. The Kier molecular flexibility index (Phi) is 4.86. The molecule has 0 aliphatic heterocycles. The summed E-state index contributed by atoms with van der Waals surface area (Å²) in [6.07, 6.45) is 8.03. The van der Waals surface area contributed by atoms with Gasteiger partial charge in [-0.1, -0.05) is 27.7 Å². The largest absolute Gasteiger partial charge is 0.389 e. The number of rotatable bonds is 3. The average Bonchev–Trinajstić information content (AvgIpc) is 2.43. The molecule has 2 saturated carbocycles. The van der Waals surface area contributed by atoms with E-state index in [4.69, 9.17) is 5.73 Å². The van der Waals surface area contributed by atoms with Gasteiger partial charge in [0.05, 0.1) is 5.60 Å². The first-order valence-electron chi connectivity index (χ1n) is 8.77. The molecule has 0 heterocycles. The van der Waals surface area contributed by atoms with E-state index in [1.807, 2.05) is 0 Å². The van der Waals surface area contributed by atoms with Crippen molar-refractivity contribution in [2.75, 3.05) is 6.54 Å². The molecular formula is C18H35NO. The molecule has 0 bridgehead atoms. The molecule has 2 fully saturated rings. The maximum Gasteiger partial charge on any atom is 0.0741 e. The van der Waals surface area contributed by atoms with Gasteiger partial charge in [0.15, 0.2) is 0 Å². The molecule has 118 valence electrons. The van der Waals surface area contributed by atoms with E-state index >= 15 is 0 Å². The van der Waals surface area contributed by atoms with Gasteiger partial charge in [0.25, 0.3) is 0 Å². The van der Waals surface area contributed by atoms with Gasteiger partial charge < -0.3 is 10.8 Å². The molecule has 0 saturated heterocycles. The molecule has 2 aliphatic carbocycles. The molecular weight excluding hydrogens is 246 g/mol. The first-order valence-corrected chi connectivity index (χ1v) is 8.77. The minimum absolute atomic E-state index is 0.0159. The van der Waals surface area contributed by atoms with Gasteiger partial charge in [-0.15, -0.1) is 0 Å². The Morgan fingerprint density at radius 2 is 1.70 bits per heavy atom. The minimum Gasteiger partial charge on any atom is -0.389 e. The lowest BCUT2D eigenvalue weighted by atomic mass is 9.53. The predicted octanol–water partition coefficient (Wildman–Crippen LogP) is 3.96. The zero-order valence-electron chi connectivity index (χ0n) is 14.0. The second-order valence-corrected chi connectivity index (χ2v) is 8.27. The molecule has 3 unspecified atom stereocenters. The van der Waals surface area contributed by atoms with Gasteiger partial charge in [-0.2, -0.15) is 0 Å². The SMILES string of the molecule is CC1CCC(O)(C2(CN)CCC(C(C)C)CC2)C(C)C1. The van der Waals surface area contributed by atoms with E-state index in [1.54, 1.807) is 0 Å². The van der Waals surface area contributed by atoms with Crippen LogP contribution in [0.3, 0.4) is 0 Å². The molecule has 2 rings (SSSR count). The molecule has 3 atom stereocenters. The summed E-state index contributed by atoms with van der Waals surface area (Å²) < 4.78 is 0. The smallest absolute Gasteiger partial charge is 0.0741 e. The van der Waals surface area contributed by atoms with Crippen molar-refractivity contribution in [3.8, 4) is 0 Å².